The van der Waals surface area contributed by atoms with Crippen LogP contribution in [0, 0.1) is 5.82 Å². The molecule has 0 atom stereocenters. The van der Waals surface area contributed by atoms with Gasteiger partial charge < -0.3 is 9.67 Å². The molecule has 0 unspecified atom stereocenters. The van der Waals surface area contributed by atoms with E-state index in [0.717, 1.165) is 5.56 Å². The number of phenolic OH excluding ortho intramolecular Hbond substituents is 1. The topological polar surface area (TPSA) is 38.0 Å². The van der Waals surface area contributed by atoms with Gasteiger partial charge in [0.15, 0.2) is 0 Å². The summed E-state index contributed by atoms with van der Waals surface area (Å²) in [5.74, 6) is 0.563. The summed E-state index contributed by atoms with van der Waals surface area (Å²) in [5.41, 5.74) is 1.47. The zero-order chi connectivity index (χ0) is 14.8. The Bertz CT molecular complexity index is 765. The molecule has 3 aromatic rings. The van der Waals surface area contributed by atoms with E-state index >= 15 is 0 Å². The molecule has 0 bridgehead atoms. The third kappa shape index (κ3) is 2.97. The van der Waals surface area contributed by atoms with Crippen LogP contribution in [0.2, 0.25) is 0 Å². The molecule has 0 spiro atoms. The Kier molecular flexibility index (Phi) is 3.75. The van der Waals surface area contributed by atoms with Gasteiger partial charge in [0.25, 0.3) is 0 Å². The van der Waals surface area contributed by atoms with Gasteiger partial charge in [-0.1, -0.05) is 34.1 Å². The van der Waals surface area contributed by atoms with Crippen molar-refractivity contribution in [3.63, 3.8) is 0 Å². The highest BCUT2D eigenvalue weighted by Crippen LogP contribution is 2.25. The molecule has 0 saturated heterocycles. The van der Waals surface area contributed by atoms with E-state index in [1.54, 1.807) is 24.5 Å². The fraction of sp³-hybridized carbons (Fsp3) is 0.0625. The van der Waals surface area contributed by atoms with E-state index < -0.39 is 0 Å². The van der Waals surface area contributed by atoms with E-state index in [1.165, 1.54) is 12.1 Å². The van der Waals surface area contributed by atoms with Crippen molar-refractivity contribution >= 4 is 15.9 Å². The summed E-state index contributed by atoms with van der Waals surface area (Å²) in [4.78, 5) is 4.29. The number of benzene rings is 2. The molecule has 3 rings (SSSR count). The Hall–Kier alpha value is -2.14. The Balaban J connectivity index is 1.99. The average Bonchev–Trinajstić information content (AvgIpc) is 2.88. The number of aromatic hydroxyl groups is 1. The zero-order valence-electron chi connectivity index (χ0n) is 11.0. The predicted octanol–water partition coefficient (Wildman–Crippen LogP) is 4.21. The maximum Gasteiger partial charge on any atom is 0.140 e. The van der Waals surface area contributed by atoms with Crippen LogP contribution in [0.25, 0.3) is 11.4 Å². The summed E-state index contributed by atoms with van der Waals surface area (Å²) in [7, 11) is 0. The molecule has 3 nitrogen and oxygen atoms in total. The molecule has 0 amide bonds. The second-order valence-electron chi connectivity index (χ2n) is 4.67. The van der Waals surface area contributed by atoms with E-state index in [-0.39, 0.29) is 11.6 Å². The quantitative estimate of drug-likeness (QED) is 0.771. The molecule has 0 saturated carbocycles. The van der Waals surface area contributed by atoms with Crippen molar-refractivity contribution in [3.8, 4) is 17.1 Å². The van der Waals surface area contributed by atoms with Gasteiger partial charge in [-0.2, -0.15) is 0 Å². The summed E-state index contributed by atoms with van der Waals surface area (Å²) in [6, 6.07) is 11.8. The van der Waals surface area contributed by atoms with E-state index in [0.29, 0.717) is 22.4 Å². The monoisotopic (exact) mass is 346 g/mol. The first kappa shape index (κ1) is 13.8. The summed E-state index contributed by atoms with van der Waals surface area (Å²) >= 11 is 3.28. The molecule has 0 aliphatic carbocycles. The molecule has 1 heterocycles. The smallest absolute Gasteiger partial charge is 0.140 e. The second kappa shape index (κ2) is 5.69. The highest BCUT2D eigenvalue weighted by Gasteiger charge is 2.10. The lowest BCUT2D eigenvalue weighted by atomic mass is 10.1. The van der Waals surface area contributed by atoms with E-state index in [1.807, 2.05) is 22.8 Å². The van der Waals surface area contributed by atoms with Crippen LogP contribution in [-0.4, -0.2) is 14.7 Å². The van der Waals surface area contributed by atoms with Crippen LogP contribution in [0.4, 0.5) is 4.39 Å². The molecular formula is C16H12BrFN2O. The largest absolute Gasteiger partial charge is 0.508 e. The molecule has 1 aromatic heterocycles. The van der Waals surface area contributed by atoms with Crippen LogP contribution >= 0.6 is 15.9 Å². The fourth-order valence-electron chi connectivity index (χ4n) is 2.21. The van der Waals surface area contributed by atoms with Crippen LogP contribution in [0.15, 0.2) is 59.3 Å². The molecule has 1 N–H and O–H groups in total. The van der Waals surface area contributed by atoms with Crippen molar-refractivity contribution in [1.82, 2.24) is 9.55 Å². The Labute approximate surface area is 129 Å². The maximum absolute atomic E-state index is 13.5. The van der Waals surface area contributed by atoms with Gasteiger partial charge in [-0.25, -0.2) is 9.37 Å². The second-order valence-corrected chi connectivity index (χ2v) is 5.58. The third-order valence-corrected chi connectivity index (χ3v) is 3.63. The van der Waals surface area contributed by atoms with E-state index in [2.05, 4.69) is 20.9 Å². The third-order valence-electron chi connectivity index (χ3n) is 3.17. The van der Waals surface area contributed by atoms with Gasteiger partial charge in [0.05, 0.1) is 6.54 Å². The van der Waals surface area contributed by atoms with Gasteiger partial charge in [0.2, 0.25) is 0 Å². The minimum atomic E-state index is -0.323. The lowest BCUT2D eigenvalue weighted by Crippen LogP contribution is -2.01. The van der Waals surface area contributed by atoms with Crippen molar-refractivity contribution in [3.05, 3.63) is 70.7 Å². The summed E-state index contributed by atoms with van der Waals surface area (Å²) in [6.45, 7) is 0.468. The van der Waals surface area contributed by atoms with E-state index in [4.69, 9.17) is 0 Å². The Morgan fingerprint density at radius 3 is 2.76 bits per heavy atom. The van der Waals surface area contributed by atoms with Crippen molar-refractivity contribution in [2.75, 3.05) is 0 Å². The van der Waals surface area contributed by atoms with Crippen molar-refractivity contribution in [1.29, 1.82) is 0 Å². The molecule has 106 valence electrons. The van der Waals surface area contributed by atoms with Gasteiger partial charge in [-0.05, 0) is 24.3 Å². The SMILES string of the molecule is Oc1ccccc1Cn1ccnc1-c1cc(F)cc(Br)c1. The number of para-hydroxylation sites is 1. The first-order chi connectivity index (χ1) is 10.1. The number of rotatable bonds is 3. The number of nitrogens with zero attached hydrogens (tertiary/aromatic N) is 2. The van der Waals surface area contributed by atoms with Gasteiger partial charge >= 0.3 is 0 Å². The lowest BCUT2D eigenvalue weighted by molar-refractivity contribution is 0.466. The summed E-state index contributed by atoms with van der Waals surface area (Å²) < 4.78 is 16.1. The van der Waals surface area contributed by atoms with Crippen LogP contribution < -0.4 is 0 Å². The number of aromatic nitrogens is 2. The molecule has 0 radical (unpaired) electrons. The van der Waals surface area contributed by atoms with Gasteiger partial charge in [-0.3, -0.25) is 0 Å². The Morgan fingerprint density at radius 2 is 2.00 bits per heavy atom. The zero-order valence-corrected chi connectivity index (χ0v) is 12.6. The van der Waals surface area contributed by atoms with Gasteiger partial charge in [0, 0.05) is 28.0 Å². The van der Waals surface area contributed by atoms with Crippen molar-refractivity contribution in [2.45, 2.75) is 6.54 Å². The highest BCUT2D eigenvalue weighted by molar-refractivity contribution is 9.10. The molecule has 2 aromatic carbocycles. The highest BCUT2D eigenvalue weighted by atomic mass is 79.9. The number of phenols is 1. The van der Waals surface area contributed by atoms with Crippen LogP contribution in [0.1, 0.15) is 5.56 Å². The molecule has 21 heavy (non-hydrogen) atoms. The first-order valence-electron chi connectivity index (χ1n) is 6.38. The van der Waals surface area contributed by atoms with E-state index in [9.17, 15) is 9.50 Å². The minimum absolute atomic E-state index is 0.234. The van der Waals surface area contributed by atoms with Crippen LogP contribution in [-0.2, 0) is 6.54 Å². The number of imidazole rings is 1. The number of hydrogen-bond acceptors (Lipinski definition) is 2. The Morgan fingerprint density at radius 1 is 1.19 bits per heavy atom. The molecule has 5 heteroatoms. The van der Waals surface area contributed by atoms with Crippen molar-refractivity contribution in [2.24, 2.45) is 0 Å². The molecule has 0 aliphatic heterocycles. The maximum atomic E-state index is 13.5. The van der Waals surface area contributed by atoms with Gasteiger partial charge in [0.1, 0.15) is 17.4 Å². The summed E-state index contributed by atoms with van der Waals surface area (Å²) in [5, 5.41) is 9.86. The first-order valence-corrected chi connectivity index (χ1v) is 7.17. The molecular weight excluding hydrogens is 335 g/mol. The minimum Gasteiger partial charge on any atom is -0.508 e. The van der Waals surface area contributed by atoms with Crippen molar-refractivity contribution < 1.29 is 9.50 Å². The van der Waals surface area contributed by atoms with Crippen LogP contribution in [0.3, 0.4) is 0 Å². The van der Waals surface area contributed by atoms with Gasteiger partial charge in [-0.15, -0.1) is 0 Å². The number of hydrogen-bond donors (Lipinski definition) is 1. The standard InChI is InChI=1S/C16H12BrFN2O/c17-13-7-12(8-14(18)9-13)16-19-5-6-20(16)10-11-3-1-2-4-15(11)21/h1-9,21H,10H2. The normalized spacial score (nSPS) is 10.8. The lowest BCUT2D eigenvalue weighted by Gasteiger charge is -2.10. The predicted molar refractivity (Wildman–Crippen MR) is 82.5 cm³/mol. The fourth-order valence-corrected chi connectivity index (χ4v) is 2.67. The molecule has 0 fully saturated rings. The average molecular weight is 347 g/mol. The molecule has 0 aliphatic rings. The number of halogens is 2. The van der Waals surface area contributed by atoms with Crippen LogP contribution in [0.5, 0.6) is 5.75 Å². The summed E-state index contributed by atoms with van der Waals surface area (Å²) in [6.07, 6.45) is 3.47.